The molecule has 1 aromatic carbocycles. The van der Waals surface area contributed by atoms with Crippen molar-refractivity contribution >= 4 is 34.5 Å². The number of hydrogen-bond acceptors (Lipinski definition) is 2. The summed E-state index contributed by atoms with van der Waals surface area (Å²) in [5.41, 5.74) is 1.46. The van der Waals surface area contributed by atoms with Crippen molar-refractivity contribution in [1.82, 2.24) is 9.78 Å². The van der Waals surface area contributed by atoms with Crippen LogP contribution in [0, 0.1) is 0 Å². The molecule has 0 amide bonds. The molecule has 0 aliphatic carbocycles. The normalized spacial score (nSPS) is 11.4. The van der Waals surface area contributed by atoms with E-state index in [2.05, 4.69) is 5.10 Å². The van der Waals surface area contributed by atoms with Crippen molar-refractivity contribution < 1.29 is 9.90 Å². The molecule has 2 aromatic rings. The van der Waals surface area contributed by atoms with Crippen molar-refractivity contribution in [2.24, 2.45) is 7.05 Å². The molecule has 5 heteroatoms. The van der Waals surface area contributed by atoms with Crippen LogP contribution in [0.3, 0.4) is 0 Å². The molecule has 0 unspecified atom stereocenters. The maximum atomic E-state index is 10.5. The van der Waals surface area contributed by atoms with Crippen LogP contribution in [0.15, 0.2) is 24.4 Å². The minimum atomic E-state index is -1.00. The average Bonchev–Trinajstić information content (AvgIpc) is 2.57. The first-order valence-electron chi connectivity index (χ1n) is 4.61. The highest BCUT2D eigenvalue weighted by molar-refractivity contribution is 6.33. The van der Waals surface area contributed by atoms with E-state index in [1.54, 1.807) is 23.9 Å². The first-order valence-corrected chi connectivity index (χ1v) is 4.98. The third-order valence-electron chi connectivity index (χ3n) is 2.18. The van der Waals surface area contributed by atoms with Gasteiger partial charge < -0.3 is 5.11 Å². The fourth-order valence-electron chi connectivity index (χ4n) is 1.53. The Morgan fingerprint density at radius 2 is 2.31 bits per heavy atom. The van der Waals surface area contributed by atoms with Crippen LogP contribution in [-0.4, -0.2) is 20.9 Å². The molecule has 0 saturated carbocycles. The Morgan fingerprint density at radius 3 is 3.00 bits per heavy atom. The number of rotatable bonds is 2. The van der Waals surface area contributed by atoms with Gasteiger partial charge in [0, 0.05) is 35.3 Å². The summed E-state index contributed by atoms with van der Waals surface area (Å²) in [6, 6.07) is 3.51. The zero-order chi connectivity index (χ0) is 11.7. The summed E-state index contributed by atoms with van der Waals surface area (Å²) in [7, 11) is 1.80. The Labute approximate surface area is 96.7 Å². The molecule has 1 heterocycles. The van der Waals surface area contributed by atoms with Gasteiger partial charge >= 0.3 is 5.97 Å². The predicted molar refractivity (Wildman–Crippen MR) is 62.4 cm³/mol. The Kier molecular flexibility index (Phi) is 2.66. The maximum absolute atomic E-state index is 10.5. The fourth-order valence-corrected chi connectivity index (χ4v) is 1.76. The Hall–Kier alpha value is -1.81. The van der Waals surface area contributed by atoms with E-state index in [-0.39, 0.29) is 0 Å². The Balaban J connectivity index is 2.65. The molecular formula is C11H9ClN2O2. The standard InChI is InChI=1S/C11H9ClN2O2/c1-14-6-8-7(2-5-11(15)16)9(12)3-4-10(8)13-14/h2-6H,1H3,(H,15,16)/b5-2+. The van der Waals surface area contributed by atoms with E-state index < -0.39 is 5.97 Å². The largest absolute Gasteiger partial charge is 0.478 e. The summed E-state index contributed by atoms with van der Waals surface area (Å²) < 4.78 is 1.67. The van der Waals surface area contributed by atoms with Gasteiger partial charge in [-0.05, 0) is 18.2 Å². The number of nitrogens with zero attached hydrogens (tertiary/aromatic N) is 2. The molecule has 0 spiro atoms. The van der Waals surface area contributed by atoms with Crippen LogP contribution in [0.1, 0.15) is 5.56 Å². The third kappa shape index (κ3) is 1.92. The van der Waals surface area contributed by atoms with Gasteiger partial charge in [0.25, 0.3) is 0 Å². The molecular weight excluding hydrogens is 228 g/mol. The van der Waals surface area contributed by atoms with Crippen molar-refractivity contribution in [3.05, 3.63) is 35.0 Å². The molecule has 16 heavy (non-hydrogen) atoms. The topological polar surface area (TPSA) is 55.1 Å². The number of aryl methyl sites for hydroxylation is 1. The molecule has 1 aromatic heterocycles. The molecule has 82 valence electrons. The zero-order valence-electron chi connectivity index (χ0n) is 8.51. The van der Waals surface area contributed by atoms with Gasteiger partial charge in [0.15, 0.2) is 0 Å². The van der Waals surface area contributed by atoms with Gasteiger partial charge in [0.1, 0.15) is 0 Å². The minimum absolute atomic E-state index is 0.512. The number of hydrogen-bond donors (Lipinski definition) is 1. The second-order valence-electron chi connectivity index (χ2n) is 3.37. The van der Waals surface area contributed by atoms with Crippen LogP contribution in [0.25, 0.3) is 17.0 Å². The van der Waals surface area contributed by atoms with Crippen molar-refractivity contribution in [2.45, 2.75) is 0 Å². The predicted octanol–water partition coefficient (Wildman–Crippen LogP) is 2.32. The second-order valence-corrected chi connectivity index (χ2v) is 3.78. The van der Waals surface area contributed by atoms with E-state index in [1.807, 2.05) is 6.20 Å². The quantitative estimate of drug-likeness (QED) is 0.815. The van der Waals surface area contributed by atoms with Gasteiger partial charge in [0.05, 0.1) is 5.52 Å². The van der Waals surface area contributed by atoms with Gasteiger partial charge in [-0.2, -0.15) is 5.10 Å². The van der Waals surface area contributed by atoms with Crippen LogP contribution in [0.2, 0.25) is 5.02 Å². The summed E-state index contributed by atoms with van der Waals surface area (Å²) in [4.78, 5) is 10.5. The second kappa shape index (κ2) is 3.98. The third-order valence-corrected chi connectivity index (χ3v) is 2.51. The minimum Gasteiger partial charge on any atom is -0.478 e. The SMILES string of the molecule is Cn1cc2c(/C=C/C(=O)O)c(Cl)ccc2n1. The van der Waals surface area contributed by atoms with Crippen molar-refractivity contribution in [3.63, 3.8) is 0 Å². The van der Waals surface area contributed by atoms with Crippen LogP contribution in [0.4, 0.5) is 0 Å². The van der Waals surface area contributed by atoms with E-state index in [0.717, 1.165) is 17.0 Å². The number of halogens is 1. The number of aliphatic carboxylic acids is 1. The van der Waals surface area contributed by atoms with Crippen LogP contribution >= 0.6 is 11.6 Å². The van der Waals surface area contributed by atoms with Crippen molar-refractivity contribution in [2.75, 3.05) is 0 Å². The van der Waals surface area contributed by atoms with Crippen molar-refractivity contribution in [1.29, 1.82) is 0 Å². The molecule has 0 fully saturated rings. The number of carboxylic acid groups (broad SMARTS) is 1. The molecule has 2 rings (SSSR count). The number of fused-ring (bicyclic) bond motifs is 1. The van der Waals surface area contributed by atoms with Gasteiger partial charge in [0.2, 0.25) is 0 Å². The number of carbonyl (C=O) groups is 1. The molecule has 1 N–H and O–H groups in total. The Bertz CT molecular complexity index is 587. The summed E-state index contributed by atoms with van der Waals surface area (Å²) in [5, 5.41) is 14.2. The molecule has 0 bridgehead atoms. The number of aromatic nitrogens is 2. The molecule has 0 radical (unpaired) electrons. The average molecular weight is 237 g/mol. The van der Waals surface area contributed by atoms with E-state index in [0.29, 0.717) is 10.6 Å². The summed E-state index contributed by atoms with van der Waals surface area (Å²) in [5.74, 6) is -1.00. The molecule has 0 aliphatic heterocycles. The van der Waals surface area contributed by atoms with Crippen LogP contribution < -0.4 is 0 Å². The summed E-state index contributed by atoms with van der Waals surface area (Å²) in [6.07, 6.45) is 4.35. The molecule has 0 atom stereocenters. The highest BCUT2D eigenvalue weighted by Gasteiger charge is 2.06. The maximum Gasteiger partial charge on any atom is 0.328 e. The lowest BCUT2D eigenvalue weighted by molar-refractivity contribution is -0.131. The van der Waals surface area contributed by atoms with Crippen LogP contribution in [-0.2, 0) is 11.8 Å². The van der Waals surface area contributed by atoms with E-state index in [4.69, 9.17) is 16.7 Å². The van der Waals surface area contributed by atoms with Gasteiger partial charge in [-0.15, -0.1) is 0 Å². The van der Waals surface area contributed by atoms with Gasteiger partial charge in [-0.3, -0.25) is 4.68 Å². The summed E-state index contributed by atoms with van der Waals surface area (Å²) >= 11 is 6.01. The molecule has 0 saturated heterocycles. The lowest BCUT2D eigenvalue weighted by atomic mass is 10.1. The number of benzene rings is 1. The molecule has 0 aliphatic rings. The monoisotopic (exact) mass is 236 g/mol. The van der Waals surface area contributed by atoms with E-state index in [1.165, 1.54) is 6.08 Å². The lowest BCUT2D eigenvalue weighted by Crippen LogP contribution is -1.86. The van der Waals surface area contributed by atoms with Gasteiger partial charge in [-0.25, -0.2) is 4.79 Å². The fraction of sp³-hybridized carbons (Fsp3) is 0.0909. The highest BCUT2D eigenvalue weighted by atomic mass is 35.5. The molecule has 4 nitrogen and oxygen atoms in total. The highest BCUT2D eigenvalue weighted by Crippen LogP contribution is 2.26. The smallest absolute Gasteiger partial charge is 0.328 e. The zero-order valence-corrected chi connectivity index (χ0v) is 9.27. The Morgan fingerprint density at radius 1 is 1.56 bits per heavy atom. The first kappa shape index (κ1) is 10.7. The lowest BCUT2D eigenvalue weighted by Gasteiger charge is -1.98. The van der Waals surface area contributed by atoms with Gasteiger partial charge in [-0.1, -0.05) is 11.6 Å². The summed E-state index contributed by atoms with van der Waals surface area (Å²) in [6.45, 7) is 0. The van der Waals surface area contributed by atoms with Crippen LogP contribution in [0.5, 0.6) is 0 Å². The van der Waals surface area contributed by atoms with E-state index >= 15 is 0 Å². The van der Waals surface area contributed by atoms with Crippen molar-refractivity contribution in [3.8, 4) is 0 Å². The van der Waals surface area contributed by atoms with E-state index in [9.17, 15) is 4.79 Å². The number of carboxylic acids is 1. The first-order chi connectivity index (χ1) is 7.58.